The van der Waals surface area contributed by atoms with E-state index in [4.69, 9.17) is 27.9 Å². The van der Waals surface area contributed by atoms with Crippen molar-refractivity contribution in [3.8, 4) is 5.75 Å². The number of nitrogens with one attached hydrogen (secondary N) is 1. The number of aliphatic hydroxyl groups excluding tert-OH is 1. The van der Waals surface area contributed by atoms with Gasteiger partial charge in [0, 0.05) is 23.0 Å². The van der Waals surface area contributed by atoms with Crippen molar-refractivity contribution in [2.45, 2.75) is 25.1 Å². The maximum atomic E-state index is 12.3. The lowest BCUT2D eigenvalue weighted by Gasteiger charge is -2.27. The van der Waals surface area contributed by atoms with Crippen molar-refractivity contribution in [1.82, 2.24) is 10.2 Å². The Morgan fingerprint density at radius 1 is 1.30 bits per heavy atom. The highest BCUT2D eigenvalue weighted by Gasteiger charge is 2.36. The Balaban J connectivity index is 1.61. The fourth-order valence-corrected chi connectivity index (χ4v) is 4.07. The highest BCUT2D eigenvalue weighted by Crippen LogP contribution is 2.40. The van der Waals surface area contributed by atoms with Crippen molar-refractivity contribution in [1.29, 1.82) is 0 Å². The fourth-order valence-electron chi connectivity index (χ4n) is 3.49. The van der Waals surface area contributed by atoms with E-state index in [0.29, 0.717) is 23.0 Å². The first-order valence-electron chi connectivity index (χ1n) is 8.64. The van der Waals surface area contributed by atoms with Crippen LogP contribution in [-0.2, 0) is 17.8 Å². The van der Waals surface area contributed by atoms with E-state index >= 15 is 0 Å². The van der Waals surface area contributed by atoms with E-state index in [9.17, 15) is 9.90 Å². The molecule has 0 saturated carbocycles. The van der Waals surface area contributed by atoms with E-state index in [0.717, 1.165) is 22.4 Å². The minimum atomic E-state index is -0.629. The fraction of sp³-hybridized carbons (Fsp3) is 0.350. The van der Waals surface area contributed by atoms with E-state index in [1.54, 1.807) is 13.2 Å². The summed E-state index contributed by atoms with van der Waals surface area (Å²) in [6.45, 7) is 0.583. The van der Waals surface area contributed by atoms with Crippen LogP contribution in [0.2, 0.25) is 10.0 Å². The van der Waals surface area contributed by atoms with Crippen LogP contribution in [0.5, 0.6) is 5.75 Å². The van der Waals surface area contributed by atoms with E-state index < -0.39 is 6.10 Å². The van der Waals surface area contributed by atoms with Crippen molar-refractivity contribution in [3.05, 3.63) is 63.1 Å². The quantitative estimate of drug-likeness (QED) is 0.770. The molecular formula is C20H22Cl2N2O3. The first-order chi connectivity index (χ1) is 12.9. The van der Waals surface area contributed by atoms with Crippen LogP contribution in [-0.4, -0.2) is 42.7 Å². The Kier molecular flexibility index (Phi) is 6.27. The molecule has 3 rings (SSSR count). The molecule has 2 aromatic carbocycles. The number of rotatable bonds is 6. The molecule has 0 radical (unpaired) electrons. The SMILES string of the molecule is COc1ccc(CNC(=O)CN(C)C2c3cc(Cl)cc(Cl)c3CC2O)cc1. The zero-order valence-corrected chi connectivity index (χ0v) is 16.7. The number of aliphatic hydroxyl groups is 1. The Morgan fingerprint density at radius 2 is 2.00 bits per heavy atom. The van der Waals surface area contributed by atoms with Gasteiger partial charge in [0.15, 0.2) is 0 Å². The number of benzene rings is 2. The molecule has 1 amide bonds. The maximum Gasteiger partial charge on any atom is 0.234 e. The number of hydrogen-bond donors (Lipinski definition) is 2. The van der Waals surface area contributed by atoms with Crippen molar-refractivity contribution >= 4 is 29.1 Å². The van der Waals surface area contributed by atoms with Gasteiger partial charge >= 0.3 is 0 Å². The molecule has 5 nitrogen and oxygen atoms in total. The lowest BCUT2D eigenvalue weighted by atomic mass is 10.1. The Labute approximate surface area is 168 Å². The van der Waals surface area contributed by atoms with Crippen LogP contribution < -0.4 is 10.1 Å². The van der Waals surface area contributed by atoms with Gasteiger partial charge in [0.25, 0.3) is 0 Å². The monoisotopic (exact) mass is 408 g/mol. The molecule has 2 atom stereocenters. The topological polar surface area (TPSA) is 61.8 Å². The largest absolute Gasteiger partial charge is 0.497 e. The highest BCUT2D eigenvalue weighted by atomic mass is 35.5. The second kappa shape index (κ2) is 8.48. The van der Waals surface area contributed by atoms with Gasteiger partial charge < -0.3 is 15.2 Å². The molecule has 0 aromatic heterocycles. The molecule has 0 heterocycles. The first kappa shape index (κ1) is 20.0. The maximum absolute atomic E-state index is 12.3. The summed E-state index contributed by atoms with van der Waals surface area (Å²) in [5.74, 6) is 0.651. The summed E-state index contributed by atoms with van der Waals surface area (Å²) in [6, 6.07) is 10.7. The number of carbonyl (C=O) groups excluding carboxylic acids is 1. The van der Waals surface area contributed by atoms with Crippen molar-refractivity contribution in [3.63, 3.8) is 0 Å². The van der Waals surface area contributed by atoms with Gasteiger partial charge in [0.1, 0.15) is 5.75 Å². The molecule has 7 heteroatoms. The molecule has 0 saturated heterocycles. The number of carbonyl (C=O) groups is 1. The minimum absolute atomic E-state index is 0.123. The van der Waals surface area contributed by atoms with E-state index in [1.165, 1.54) is 0 Å². The molecule has 1 aliphatic carbocycles. The van der Waals surface area contributed by atoms with Crippen LogP contribution in [0.3, 0.4) is 0 Å². The van der Waals surface area contributed by atoms with Gasteiger partial charge in [0.05, 0.1) is 25.8 Å². The molecule has 0 fully saturated rings. The average Bonchev–Trinajstić information content (AvgIpc) is 2.96. The number of methoxy groups -OCH3 is 1. The Bertz CT molecular complexity index is 827. The zero-order valence-electron chi connectivity index (χ0n) is 15.2. The number of likely N-dealkylation sites (N-methyl/N-ethyl adjacent to an activating group) is 1. The van der Waals surface area contributed by atoms with Gasteiger partial charge in [-0.3, -0.25) is 9.69 Å². The predicted octanol–water partition coefficient (Wildman–Crippen LogP) is 3.21. The summed E-state index contributed by atoms with van der Waals surface area (Å²) in [6.07, 6.45) is -0.177. The molecule has 2 unspecified atom stereocenters. The molecule has 144 valence electrons. The molecule has 2 aromatic rings. The normalized spacial score (nSPS) is 18.4. The van der Waals surface area contributed by atoms with Crippen LogP contribution in [0, 0.1) is 0 Å². The molecule has 27 heavy (non-hydrogen) atoms. The van der Waals surface area contributed by atoms with Gasteiger partial charge in [0.2, 0.25) is 5.91 Å². The number of amides is 1. The van der Waals surface area contributed by atoms with Crippen molar-refractivity contribution < 1.29 is 14.6 Å². The lowest BCUT2D eigenvalue weighted by Crippen LogP contribution is -2.39. The van der Waals surface area contributed by atoms with Crippen LogP contribution in [0.1, 0.15) is 22.7 Å². The first-order valence-corrected chi connectivity index (χ1v) is 9.40. The van der Waals surface area contributed by atoms with Gasteiger partial charge in [-0.1, -0.05) is 35.3 Å². The van der Waals surface area contributed by atoms with Gasteiger partial charge in [-0.25, -0.2) is 0 Å². The summed E-state index contributed by atoms with van der Waals surface area (Å²) in [5.41, 5.74) is 2.76. The third-order valence-electron chi connectivity index (χ3n) is 4.81. The number of ether oxygens (including phenoxy) is 1. The lowest BCUT2D eigenvalue weighted by molar-refractivity contribution is -0.123. The van der Waals surface area contributed by atoms with Crippen LogP contribution in [0.4, 0.5) is 0 Å². The van der Waals surface area contributed by atoms with E-state index in [2.05, 4.69) is 5.32 Å². The zero-order chi connectivity index (χ0) is 19.6. The summed E-state index contributed by atoms with van der Waals surface area (Å²) in [7, 11) is 3.42. The second-order valence-electron chi connectivity index (χ2n) is 6.71. The van der Waals surface area contributed by atoms with Gasteiger partial charge in [-0.05, 0) is 48.0 Å². The smallest absolute Gasteiger partial charge is 0.234 e. The van der Waals surface area contributed by atoms with Gasteiger partial charge in [-0.15, -0.1) is 0 Å². The number of nitrogens with zero attached hydrogens (tertiary/aromatic N) is 1. The van der Waals surface area contributed by atoms with E-state index in [-0.39, 0.29) is 18.5 Å². The number of halogens is 2. The van der Waals surface area contributed by atoms with Crippen LogP contribution in [0.25, 0.3) is 0 Å². The summed E-state index contributed by atoms with van der Waals surface area (Å²) in [5, 5.41) is 14.5. The van der Waals surface area contributed by atoms with E-state index in [1.807, 2.05) is 42.3 Å². The predicted molar refractivity (Wildman–Crippen MR) is 106 cm³/mol. The number of hydrogen-bond acceptors (Lipinski definition) is 4. The highest BCUT2D eigenvalue weighted by molar-refractivity contribution is 6.35. The van der Waals surface area contributed by atoms with Crippen molar-refractivity contribution in [2.75, 3.05) is 20.7 Å². The molecule has 0 spiro atoms. The van der Waals surface area contributed by atoms with Crippen molar-refractivity contribution in [2.24, 2.45) is 0 Å². The standard InChI is InChI=1S/C20H22Cl2N2O3/c1-24(11-19(26)23-10-12-3-5-14(27-2)6-4-12)20-16-7-13(21)8-17(22)15(16)9-18(20)25/h3-8,18,20,25H,9-11H2,1-2H3,(H,23,26). The second-order valence-corrected chi connectivity index (χ2v) is 7.56. The molecule has 0 aliphatic heterocycles. The molecular weight excluding hydrogens is 387 g/mol. The minimum Gasteiger partial charge on any atom is -0.497 e. The third kappa shape index (κ3) is 4.55. The van der Waals surface area contributed by atoms with Crippen LogP contribution in [0.15, 0.2) is 36.4 Å². The molecule has 2 N–H and O–H groups in total. The Hall–Kier alpha value is -1.79. The summed E-state index contributed by atoms with van der Waals surface area (Å²) in [4.78, 5) is 14.2. The molecule has 0 bridgehead atoms. The number of fused-ring (bicyclic) bond motifs is 1. The summed E-state index contributed by atoms with van der Waals surface area (Å²) < 4.78 is 5.12. The van der Waals surface area contributed by atoms with Gasteiger partial charge in [-0.2, -0.15) is 0 Å². The average molecular weight is 409 g/mol. The third-order valence-corrected chi connectivity index (χ3v) is 5.36. The molecule has 1 aliphatic rings. The van der Waals surface area contributed by atoms with Crippen LogP contribution >= 0.6 is 23.2 Å². The summed E-state index contributed by atoms with van der Waals surface area (Å²) >= 11 is 12.4. The Morgan fingerprint density at radius 3 is 2.67 bits per heavy atom.